The number of amides is 2. The van der Waals surface area contributed by atoms with Crippen molar-refractivity contribution in [3.05, 3.63) is 35.9 Å². The van der Waals surface area contributed by atoms with Gasteiger partial charge in [0.1, 0.15) is 0 Å². The Morgan fingerprint density at radius 2 is 1.89 bits per heavy atom. The number of nitrogens with one attached hydrogen (secondary N) is 1. The van der Waals surface area contributed by atoms with Crippen molar-refractivity contribution in [1.82, 2.24) is 5.32 Å². The predicted molar refractivity (Wildman–Crippen MR) is 74.3 cm³/mol. The molecule has 0 spiro atoms. The number of carbonyl (C=O) groups excluding carboxylic acids is 2. The summed E-state index contributed by atoms with van der Waals surface area (Å²) in [4.78, 5) is 22.2. The summed E-state index contributed by atoms with van der Waals surface area (Å²) in [6.45, 7) is 2.63. The van der Waals surface area contributed by atoms with Crippen molar-refractivity contribution in [2.75, 3.05) is 6.54 Å². The van der Waals surface area contributed by atoms with Crippen molar-refractivity contribution >= 4 is 11.8 Å². The smallest absolute Gasteiger partial charge is 0.237 e. The van der Waals surface area contributed by atoms with Gasteiger partial charge in [0.2, 0.25) is 11.8 Å². The molecule has 0 aliphatic rings. The Morgan fingerprint density at radius 3 is 2.47 bits per heavy atom. The second kappa shape index (κ2) is 7.53. The van der Waals surface area contributed by atoms with Gasteiger partial charge in [0, 0.05) is 6.54 Å². The van der Waals surface area contributed by atoms with Crippen molar-refractivity contribution in [1.29, 1.82) is 0 Å². The highest BCUT2D eigenvalue weighted by Gasteiger charge is 2.15. The molecule has 0 saturated heterocycles. The van der Waals surface area contributed by atoms with Crippen LogP contribution in [-0.2, 0) is 9.59 Å². The molecule has 104 valence electrons. The lowest BCUT2D eigenvalue weighted by atomic mass is 9.98. The highest BCUT2D eigenvalue weighted by molar-refractivity contribution is 5.87. The number of hydrogen-bond donors (Lipinski definition) is 3. The van der Waals surface area contributed by atoms with Crippen LogP contribution < -0.4 is 16.8 Å². The van der Waals surface area contributed by atoms with Crippen LogP contribution in [0.15, 0.2) is 30.3 Å². The van der Waals surface area contributed by atoms with Gasteiger partial charge in [0.25, 0.3) is 0 Å². The van der Waals surface area contributed by atoms with Crippen LogP contribution in [0.5, 0.6) is 0 Å². The van der Waals surface area contributed by atoms with Crippen molar-refractivity contribution in [2.24, 2.45) is 11.5 Å². The van der Waals surface area contributed by atoms with E-state index in [1.807, 2.05) is 18.2 Å². The molecule has 0 aromatic heterocycles. The molecule has 2 unspecified atom stereocenters. The Balaban J connectivity index is 2.30. The predicted octanol–water partition coefficient (Wildman–Crippen LogP) is 0.499. The summed E-state index contributed by atoms with van der Waals surface area (Å²) in [6, 6.07) is 9.22. The van der Waals surface area contributed by atoms with Gasteiger partial charge in [0.05, 0.1) is 12.5 Å². The molecule has 1 rings (SSSR count). The standard InChI is InChI=1S/C14H21N3O2/c1-10(11-5-3-2-4-6-11)7-8-17-14(19)12(15)9-13(16)18/h2-6,10,12H,7-9,15H2,1H3,(H2,16,18)(H,17,19). The molecule has 2 amide bonds. The lowest BCUT2D eigenvalue weighted by molar-refractivity contribution is -0.126. The number of benzene rings is 1. The SMILES string of the molecule is CC(CCNC(=O)C(N)CC(N)=O)c1ccccc1. The van der Waals surface area contributed by atoms with Gasteiger partial charge in [0.15, 0.2) is 0 Å². The fourth-order valence-corrected chi connectivity index (χ4v) is 1.80. The second-order valence-corrected chi connectivity index (χ2v) is 4.67. The Hall–Kier alpha value is -1.88. The first-order valence-corrected chi connectivity index (χ1v) is 6.37. The fraction of sp³-hybridized carbons (Fsp3) is 0.429. The van der Waals surface area contributed by atoms with Gasteiger partial charge in [-0.1, -0.05) is 37.3 Å². The summed E-state index contributed by atoms with van der Waals surface area (Å²) >= 11 is 0. The van der Waals surface area contributed by atoms with Gasteiger partial charge < -0.3 is 16.8 Å². The van der Waals surface area contributed by atoms with Gasteiger partial charge in [-0.05, 0) is 17.9 Å². The molecule has 5 N–H and O–H groups in total. The highest BCUT2D eigenvalue weighted by Crippen LogP contribution is 2.17. The number of nitrogens with two attached hydrogens (primary N) is 2. The van der Waals surface area contributed by atoms with Crippen LogP contribution in [0.3, 0.4) is 0 Å². The van der Waals surface area contributed by atoms with Gasteiger partial charge >= 0.3 is 0 Å². The van der Waals surface area contributed by atoms with E-state index in [-0.39, 0.29) is 12.3 Å². The molecule has 5 nitrogen and oxygen atoms in total. The van der Waals surface area contributed by atoms with E-state index in [1.165, 1.54) is 5.56 Å². The third-order valence-electron chi connectivity index (χ3n) is 3.00. The average molecular weight is 263 g/mol. The maximum absolute atomic E-state index is 11.6. The Kier molecular flexibility index (Phi) is 6.02. The van der Waals surface area contributed by atoms with E-state index in [2.05, 4.69) is 24.4 Å². The quantitative estimate of drug-likeness (QED) is 0.668. The molecule has 0 fully saturated rings. The lowest BCUT2D eigenvalue weighted by Gasteiger charge is -2.14. The molecule has 1 aromatic rings. The topological polar surface area (TPSA) is 98.2 Å². The molecule has 0 bridgehead atoms. The van der Waals surface area contributed by atoms with Crippen LogP contribution in [0.25, 0.3) is 0 Å². The van der Waals surface area contributed by atoms with Crippen molar-refractivity contribution < 1.29 is 9.59 Å². The monoisotopic (exact) mass is 263 g/mol. The Morgan fingerprint density at radius 1 is 1.26 bits per heavy atom. The maximum Gasteiger partial charge on any atom is 0.237 e. The summed E-state index contributed by atoms with van der Waals surface area (Å²) in [5, 5.41) is 2.72. The minimum Gasteiger partial charge on any atom is -0.370 e. The van der Waals surface area contributed by atoms with Crippen LogP contribution in [0.1, 0.15) is 31.2 Å². The molecule has 2 atom stereocenters. The van der Waals surface area contributed by atoms with Crippen LogP contribution in [-0.4, -0.2) is 24.4 Å². The van der Waals surface area contributed by atoms with Crippen LogP contribution in [0.2, 0.25) is 0 Å². The number of primary amides is 1. The normalized spacial score (nSPS) is 13.6. The molecule has 19 heavy (non-hydrogen) atoms. The molecular weight excluding hydrogens is 242 g/mol. The van der Waals surface area contributed by atoms with Crippen LogP contribution >= 0.6 is 0 Å². The van der Waals surface area contributed by atoms with E-state index < -0.39 is 11.9 Å². The van der Waals surface area contributed by atoms with Crippen molar-refractivity contribution in [3.63, 3.8) is 0 Å². The van der Waals surface area contributed by atoms with Gasteiger partial charge in [-0.2, -0.15) is 0 Å². The molecule has 0 aliphatic carbocycles. The van der Waals surface area contributed by atoms with Gasteiger partial charge in [-0.25, -0.2) is 0 Å². The molecule has 0 heterocycles. The highest BCUT2D eigenvalue weighted by atomic mass is 16.2. The zero-order valence-electron chi connectivity index (χ0n) is 11.1. The van der Waals surface area contributed by atoms with E-state index in [1.54, 1.807) is 0 Å². The second-order valence-electron chi connectivity index (χ2n) is 4.67. The largest absolute Gasteiger partial charge is 0.370 e. The summed E-state index contributed by atoms with van der Waals surface area (Å²) < 4.78 is 0. The third-order valence-corrected chi connectivity index (χ3v) is 3.00. The van der Waals surface area contributed by atoms with E-state index in [9.17, 15) is 9.59 Å². The van der Waals surface area contributed by atoms with Gasteiger partial charge in [-0.15, -0.1) is 0 Å². The molecular formula is C14H21N3O2. The van der Waals surface area contributed by atoms with Crippen LogP contribution in [0.4, 0.5) is 0 Å². The molecule has 0 saturated carbocycles. The Bertz CT molecular complexity index is 420. The van der Waals surface area contributed by atoms with E-state index in [0.29, 0.717) is 12.5 Å². The molecule has 1 aromatic carbocycles. The maximum atomic E-state index is 11.6. The van der Waals surface area contributed by atoms with Crippen LogP contribution in [0, 0.1) is 0 Å². The number of hydrogen-bond acceptors (Lipinski definition) is 3. The van der Waals surface area contributed by atoms with Crippen molar-refractivity contribution in [2.45, 2.75) is 31.7 Å². The van der Waals surface area contributed by atoms with E-state index in [0.717, 1.165) is 6.42 Å². The summed E-state index contributed by atoms with van der Waals surface area (Å²) in [5.74, 6) is -0.548. The first kappa shape index (κ1) is 15.2. The number of carbonyl (C=O) groups is 2. The molecule has 0 radical (unpaired) electrons. The molecule has 5 heteroatoms. The van der Waals surface area contributed by atoms with Crippen molar-refractivity contribution in [3.8, 4) is 0 Å². The zero-order chi connectivity index (χ0) is 14.3. The summed E-state index contributed by atoms with van der Waals surface area (Å²) in [7, 11) is 0. The summed E-state index contributed by atoms with van der Waals surface area (Å²) in [5.41, 5.74) is 11.8. The first-order valence-electron chi connectivity index (χ1n) is 6.37. The van der Waals surface area contributed by atoms with Gasteiger partial charge in [-0.3, -0.25) is 9.59 Å². The fourth-order valence-electron chi connectivity index (χ4n) is 1.80. The Labute approximate surface area is 113 Å². The first-order chi connectivity index (χ1) is 9.00. The number of rotatable bonds is 7. The summed E-state index contributed by atoms with van der Waals surface area (Å²) in [6.07, 6.45) is 0.694. The molecule has 0 aliphatic heterocycles. The minimum absolute atomic E-state index is 0.125. The zero-order valence-corrected chi connectivity index (χ0v) is 11.1. The third kappa shape index (κ3) is 5.52. The van der Waals surface area contributed by atoms with E-state index in [4.69, 9.17) is 11.5 Å². The average Bonchev–Trinajstić information content (AvgIpc) is 2.38. The van der Waals surface area contributed by atoms with E-state index >= 15 is 0 Å². The minimum atomic E-state index is -0.857. The lowest BCUT2D eigenvalue weighted by Crippen LogP contribution is -2.43.